The molecule has 6 aromatic carbocycles. The highest BCUT2D eigenvalue weighted by Gasteiger charge is 2.44. The molecule has 0 saturated heterocycles. The number of nitrogens with zero attached hydrogens (tertiary/aromatic N) is 1. The summed E-state index contributed by atoms with van der Waals surface area (Å²) in [5.41, 5.74) is 15.4. The summed E-state index contributed by atoms with van der Waals surface area (Å²) < 4.78 is 0. The normalized spacial score (nSPS) is 27.3. The third kappa shape index (κ3) is 4.96. The Morgan fingerprint density at radius 3 is 1.91 bits per heavy atom. The first-order chi connectivity index (χ1) is 26.4. The second-order valence-electron chi connectivity index (χ2n) is 18.8. The summed E-state index contributed by atoms with van der Waals surface area (Å²) in [6.45, 7) is 7.40. The molecule has 4 fully saturated rings. The van der Waals surface area contributed by atoms with Crippen molar-refractivity contribution in [1.29, 1.82) is 0 Å². The van der Waals surface area contributed by atoms with Gasteiger partial charge in [-0.3, -0.25) is 0 Å². The average molecular weight is 704 g/mol. The van der Waals surface area contributed by atoms with Crippen molar-refractivity contribution in [3.8, 4) is 22.3 Å². The van der Waals surface area contributed by atoms with E-state index in [0.717, 1.165) is 23.7 Å². The van der Waals surface area contributed by atoms with Crippen molar-refractivity contribution >= 4 is 27.8 Å². The Balaban J connectivity index is 1.11. The topological polar surface area (TPSA) is 3.24 Å². The van der Waals surface area contributed by atoms with Gasteiger partial charge in [-0.1, -0.05) is 143 Å². The van der Waals surface area contributed by atoms with Crippen molar-refractivity contribution in [2.24, 2.45) is 23.7 Å². The van der Waals surface area contributed by atoms with E-state index in [1.807, 2.05) is 0 Å². The molecule has 0 radical (unpaired) electrons. The van der Waals surface area contributed by atoms with E-state index in [2.05, 4.69) is 153 Å². The van der Waals surface area contributed by atoms with Crippen LogP contribution in [0.2, 0.25) is 0 Å². The smallest absolute Gasteiger partial charge is 0.0540 e. The van der Waals surface area contributed by atoms with E-state index in [9.17, 15) is 0 Å². The van der Waals surface area contributed by atoms with Crippen LogP contribution in [0.15, 0.2) is 127 Å². The molecule has 6 aromatic rings. The Morgan fingerprint density at radius 2 is 1.13 bits per heavy atom. The molecule has 0 spiro atoms. The molecule has 4 bridgehead atoms. The molecule has 5 aliphatic rings. The van der Waals surface area contributed by atoms with E-state index < -0.39 is 0 Å². The van der Waals surface area contributed by atoms with Crippen LogP contribution in [0, 0.1) is 23.7 Å². The first-order valence-electron chi connectivity index (χ1n) is 21.1. The molecule has 0 aromatic heterocycles. The van der Waals surface area contributed by atoms with Gasteiger partial charge >= 0.3 is 0 Å². The summed E-state index contributed by atoms with van der Waals surface area (Å²) >= 11 is 0. The highest BCUT2D eigenvalue weighted by molar-refractivity contribution is 6.03. The summed E-state index contributed by atoms with van der Waals surface area (Å²) in [6, 6.07) is 49.5. The van der Waals surface area contributed by atoms with Gasteiger partial charge in [0.15, 0.2) is 0 Å². The first kappa shape index (κ1) is 32.8. The molecule has 1 nitrogen and oxygen atoms in total. The number of rotatable bonds is 6. The summed E-state index contributed by atoms with van der Waals surface area (Å²) in [6.07, 6.45) is 12.5. The monoisotopic (exact) mass is 703 g/mol. The van der Waals surface area contributed by atoms with E-state index >= 15 is 0 Å². The fourth-order valence-electron chi connectivity index (χ4n) is 13.0. The van der Waals surface area contributed by atoms with Gasteiger partial charge in [-0.15, -0.1) is 0 Å². The Hall–Kier alpha value is -4.62. The van der Waals surface area contributed by atoms with E-state index in [4.69, 9.17) is 0 Å². The fourth-order valence-corrected chi connectivity index (χ4v) is 13.0. The highest BCUT2D eigenvalue weighted by atomic mass is 15.1. The molecular formula is C53H53N. The lowest BCUT2D eigenvalue weighted by atomic mass is 9.65. The van der Waals surface area contributed by atoms with E-state index in [1.165, 1.54) is 125 Å². The maximum atomic E-state index is 2.65. The van der Waals surface area contributed by atoms with Crippen molar-refractivity contribution < 1.29 is 0 Å². The van der Waals surface area contributed by atoms with E-state index in [1.54, 1.807) is 5.56 Å². The molecule has 0 N–H and O–H groups in total. The van der Waals surface area contributed by atoms with Crippen molar-refractivity contribution in [2.45, 2.75) is 95.3 Å². The zero-order valence-corrected chi connectivity index (χ0v) is 32.3. The molecule has 0 heterocycles. The second kappa shape index (κ2) is 12.2. The summed E-state index contributed by atoms with van der Waals surface area (Å²) in [4.78, 5) is 2.65. The molecule has 54 heavy (non-hydrogen) atoms. The van der Waals surface area contributed by atoms with Gasteiger partial charge in [0.05, 0.1) is 5.69 Å². The lowest BCUT2D eigenvalue weighted by Gasteiger charge is -2.39. The molecule has 0 aliphatic heterocycles. The number of hydrogen-bond donors (Lipinski definition) is 0. The maximum absolute atomic E-state index is 2.65. The van der Waals surface area contributed by atoms with Crippen LogP contribution in [0.25, 0.3) is 33.0 Å². The number of para-hydroxylation sites is 2. The van der Waals surface area contributed by atoms with E-state index in [-0.39, 0.29) is 10.8 Å². The number of benzene rings is 6. The van der Waals surface area contributed by atoms with Crippen LogP contribution >= 0.6 is 0 Å². The van der Waals surface area contributed by atoms with Crippen LogP contribution in [0.3, 0.4) is 0 Å². The molecule has 4 unspecified atom stereocenters. The van der Waals surface area contributed by atoms with Crippen LogP contribution in [0.5, 0.6) is 0 Å². The van der Waals surface area contributed by atoms with Crippen molar-refractivity contribution in [3.05, 3.63) is 150 Å². The molecule has 4 saturated carbocycles. The minimum absolute atomic E-state index is 0.0714. The standard InChI is InChI=1S/C53H53N/c1-52(2)47-17-9-6-14-42(47)43-25-24-38(31-49(43)52)54(51-19-11-8-16-45(51)46-30-34-22-23-37(46)29-34)50-18-10-7-15-44(50)40-26-27-48(41-13-5-4-12-39(40)41)53(3)32-35-20-21-36(28-35)33-53/h4-19,24-27,31,34-37,46H,20-23,28-30,32-33H2,1-3H3/t34?,35-,36+,37?,46?,53?. The summed E-state index contributed by atoms with van der Waals surface area (Å²) in [7, 11) is 0. The quantitative estimate of drug-likeness (QED) is 0.167. The Labute approximate surface area is 322 Å². The molecule has 5 aliphatic carbocycles. The predicted octanol–water partition coefficient (Wildman–Crippen LogP) is 14.7. The van der Waals surface area contributed by atoms with Crippen LogP contribution in [-0.2, 0) is 10.8 Å². The number of hydrogen-bond acceptors (Lipinski definition) is 1. The maximum Gasteiger partial charge on any atom is 0.0540 e. The first-order valence-corrected chi connectivity index (χ1v) is 21.1. The summed E-state index contributed by atoms with van der Waals surface area (Å²) in [5, 5.41) is 2.83. The van der Waals surface area contributed by atoms with Gasteiger partial charge in [0, 0.05) is 22.4 Å². The van der Waals surface area contributed by atoms with Gasteiger partial charge in [-0.2, -0.15) is 0 Å². The van der Waals surface area contributed by atoms with E-state index in [0.29, 0.717) is 5.92 Å². The summed E-state index contributed by atoms with van der Waals surface area (Å²) in [5.74, 6) is 4.09. The van der Waals surface area contributed by atoms with Gasteiger partial charge in [0.25, 0.3) is 0 Å². The van der Waals surface area contributed by atoms with Gasteiger partial charge in [0.2, 0.25) is 0 Å². The molecule has 6 atom stereocenters. The minimum Gasteiger partial charge on any atom is -0.310 e. The molecule has 1 heteroatoms. The predicted molar refractivity (Wildman–Crippen MR) is 227 cm³/mol. The lowest BCUT2D eigenvalue weighted by molar-refractivity contribution is 0.233. The zero-order valence-electron chi connectivity index (χ0n) is 32.3. The number of anilines is 3. The van der Waals surface area contributed by atoms with Crippen molar-refractivity contribution in [2.75, 3.05) is 4.90 Å². The Kier molecular flexibility index (Phi) is 7.40. The molecule has 0 amide bonds. The lowest BCUT2D eigenvalue weighted by Crippen LogP contribution is -2.31. The third-order valence-electron chi connectivity index (χ3n) is 15.3. The SMILES string of the molecule is CC1(c2ccc(-c3ccccc3N(c3ccc4c(c3)C(C)(C)c3ccccc3-4)c3ccccc3C3CC4CCC3C4)c3ccccc23)C[C@@H]2CC[C@@H](C2)C1. The molecule has 11 rings (SSSR count). The Bertz CT molecular complexity index is 2420. The van der Waals surface area contributed by atoms with Gasteiger partial charge in [-0.25, -0.2) is 0 Å². The minimum atomic E-state index is -0.0714. The highest BCUT2D eigenvalue weighted by Crippen LogP contribution is 2.58. The van der Waals surface area contributed by atoms with Crippen LogP contribution < -0.4 is 4.90 Å². The van der Waals surface area contributed by atoms with Crippen LogP contribution in [-0.4, -0.2) is 0 Å². The van der Waals surface area contributed by atoms with Gasteiger partial charge in [0.1, 0.15) is 0 Å². The largest absolute Gasteiger partial charge is 0.310 e. The molecular weight excluding hydrogens is 651 g/mol. The second-order valence-corrected chi connectivity index (χ2v) is 18.8. The van der Waals surface area contributed by atoms with Gasteiger partial charge < -0.3 is 4.90 Å². The Morgan fingerprint density at radius 1 is 0.481 bits per heavy atom. The van der Waals surface area contributed by atoms with Gasteiger partial charge in [-0.05, 0) is 148 Å². The fraction of sp³-hybridized carbons (Fsp3) is 0.358. The number of fused-ring (bicyclic) bond motifs is 8. The zero-order chi connectivity index (χ0) is 36.2. The van der Waals surface area contributed by atoms with Crippen LogP contribution in [0.1, 0.15) is 107 Å². The van der Waals surface area contributed by atoms with Crippen molar-refractivity contribution in [1.82, 2.24) is 0 Å². The average Bonchev–Trinajstić information content (AvgIpc) is 3.98. The third-order valence-corrected chi connectivity index (χ3v) is 15.3. The molecule has 270 valence electrons. The van der Waals surface area contributed by atoms with Crippen LogP contribution in [0.4, 0.5) is 17.1 Å². The van der Waals surface area contributed by atoms with Crippen molar-refractivity contribution in [3.63, 3.8) is 0 Å².